The molecule has 0 bridgehead atoms. The number of carboxylic acid groups (broad SMARTS) is 1. The van der Waals surface area contributed by atoms with Gasteiger partial charge in [-0.1, -0.05) is 30.7 Å². The highest BCUT2D eigenvalue weighted by molar-refractivity contribution is 6.30. The summed E-state index contributed by atoms with van der Waals surface area (Å²) in [5.74, 6) is 0.317. The third-order valence-corrected chi connectivity index (χ3v) is 3.85. The zero-order valence-electron chi connectivity index (χ0n) is 13.1. The molecule has 2 atom stereocenters. The number of aliphatic carboxylic acids is 1. The fraction of sp³-hybridized carbons (Fsp3) is 0.278. The number of halogens is 1. The fourth-order valence-electron chi connectivity index (χ4n) is 2.53. The number of carboxylic acids is 1. The van der Waals surface area contributed by atoms with Gasteiger partial charge >= 0.3 is 5.97 Å². The standard InChI is InChI=1S/C18H17ClO5/c1-2-9-22-13-8-7-11(19)10-12(13)16-17(18(20)21)24-15-6-4-3-5-14(15)23-16/h3-8,10,16-17H,2,9H2,1H3,(H,20,21). The Bertz CT molecular complexity index is 746. The Kier molecular flexibility index (Phi) is 4.81. The van der Waals surface area contributed by atoms with Crippen molar-refractivity contribution in [2.75, 3.05) is 6.61 Å². The van der Waals surface area contributed by atoms with Gasteiger partial charge in [0.1, 0.15) is 5.75 Å². The third-order valence-electron chi connectivity index (χ3n) is 3.62. The van der Waals surface area contributed by atoms with Crippen LogP contribution in [0.4, 0.5) is 0 Å². The zero-order valence-corrected chi connectivity index (χ0v) is 13.8. The van der Waals surface area contributed by atoms with E-state index in [2.05, 4.69) is 0 Å². The van der Waals surface area contributed by atoms with Crippen molar-refractivity contribution in [3.63, 3.8) is 0 Å². The minimum Gasteiger partial charge on any atom is -0.493 e. The minimum absolute atomic E-state index is 0.402. The Morgan fingerprint density at radius 3 is 2.58 bits per heavy atom. The van der Waals surface area contributed by atoms with Gasteiger partial charge in [-0.2, -0.15) is 0 Å². The van der Waals surface area contributed by atoms with Gasteiger partial charge in [-0.15, -0.1) is 0 Å². The van der Waals surface area contributed by atoms with Crippen LogP contribution in [0.3, 0.4) is 0 Å². The second kappa shape index (κ2) is 7.01. The molecule has 5 nitrogen and oxygen atoms in total. The molecule has 1 aliphatic heterocycles. The molecule has 0 radical (unpaired) electrons. The average molecular weight is 349 g/mol. The number of benzene rings is 2. The number of hydrogen-bond donors (Lipinski definition) is 1. The molecule has 0 saturated carbocycles. The Hall–Kier alpha value is -2.40. The van der Waals surface area contributed by atoms with Crippen LogP contribution in [0.2, 0.25) is 5.02 Å². The zero-order chi connectivity index (χ0) is 17.1. The first kappa shape index (κ1) is 16.5. The number of fused-ring (bicyclic) bond motifs is 1. The van der Waals surface area contributed by atoms with E-state index in [1.165, 1.54) is 0 Å². The monoisotopic (exact) mass is 348 g/mol. The average Bonchev–Trinajstić information content (AvgIpc) is 2.59. The van der Waals surface area contributed by atoms with Gasteiger partial charge in [0.25, 0.3) is 0 Å². The molecule has 0 aliphatic carbocycles. The van der Waals surface area contributed by atoms with Crippen LogP contribution in [0.25, 0.3) is 0 Å². The van der Waals surface area contributed by atoms with Crippen molar-refractivity contribution < 1.29 is 24.1 Å². The second-order valence-electron chi connectivity index (χ2n) is 5.39. The largest absolute Gasteiger partial charge is 0.493 e. The highest BCUT2D eigenvalue weighted by Crippen LogP contribution is 2.42. The van der Waals surface area contributed by atoms with E-state index in [4.69, 9.17) is 25.8 Å². The Morgan fingerprint density at radius 2 is 1.92 bits per heavy atom. The smallest absolute Gasteiger partial charge is 0.349 e. The van der Waals surface area contributed by atoms with Crippen LogP contribution in [0.5, 0.6) is 17.2 Å². The Morgan fingerprint density at radius 1 is 1.21 bits per heavy atom. The summed E-state index contributed by atoms with van der Waals surface area (Å²) < 4.78 is 17.3. The normalized spacial score (nSPS) is 18.9. The van der Waals surface area contributed by atoms with Crippen molar-refractivity contribution in [2.45, 2.75) is 25.6 Å². The second-order valence-corrected chi connectivity index (χ2v) is 5.83. The van der Waals surface area contributed by atoms with Crippen molar-refractivity contribution in [3.05, 3.63) is 53.1 Å². The summed E-state index contributed by atoms with van der Waals surface area (Å²) in [7, 11) is 0. The van der Waals surface area contributed by atoms with Crippen LogP contribution in [-0.4, -0.2) is 23.8 Å². The molecule has 0 aromatic heterocycles. The molecule has 0 amide bonds. The molecule has 0 spiro atoms. The van der Waals surface area contributed by atoms with E-state index in [0.29, 0.717) is 34.4 Å². The molecule has 6 heteroatoms. The molecule has 3 rings (SSSR count). The minimum atomic E-state index is -1.19. The van der Waals surface area contributed by atoms with Crippen molar-refractivity contribution in [3.8, 4) is 17.2 Å². The molecule has 1 N–H and O–H groups in total. The molecule has 0 fully saturated rings. The summed E-state index contributed by atoms with van der Waals surface area (Å²) in [4.78, 5) is 11.7. The molecule has 24 heavy (non-hydrogen) atoms. The van der Waals surface area contributed by atoms with Gasteiger partial charge in [-0.05, 0) is 36.8 Å². The first-order chi connectivity index (χ1) is 11.6. The quantitative estimate of drug-likeness (QED) is 0.881. The van der Waals surface area contributed by atoms with E-state index in [9.17, 15) is 9.90 Å². The van der Waals surface area contributed by atoms with Crippen molar-refractivity contribution in [1.29, 1.82) is 0 Å². The van der Waals surface area contributed by atoms with Gasteiger partial charge < -0.3 is 19.3 Å². The van der Waals surface area contributed by atoms with Gasteiger partial charge in [0.05, 0.1) is 6.61 Å². The lowest BCUT2D eigenvalue weighted by Gasteiger charge is -2.32. The summed E-state index contributed by atoms with van der Waals surface area (Å²) in [6.45, 7) is 2.50. The van der Waals surface area contributed by atoms with Crippen molar-refractivity contribution in [1.82, 2.24) is 0 Å². The molecule has 2 aromatic rings. The van der Waals surface area contributed by atoms with Gasteiger partial charge in [-0.3, -0.25) is 0 Å². The lowest BCUT2D eigenvalue weighted by molar-refractivity contribution is -0.151. The maximum absolute atomic E-state index is 11.7. The summed E-state index contributed by atoms with van der Waals surface area (Å²) in [5, 5.41) is 10.0. The summed E-state index contributed by atoms with van der Waals surface area (Å²) in [6, 6.07) is 12.0. The third kappa shape index (κ3) is 3.26. The summed E-state index contributed by atoms with van der Waals surface area (Å²) >= 11 is 6.10. The van der Waals surface area contributed by atoms with Crippen LogP contribution in [-0.2, 0) is 4.79 Å². The molecule has 2 aromatic carbocycles. The van der Waals surface area contributed by atoms with Crippen LogP contribution < -0.4 is 14.2 Å². The lowest BCUT2D eigenvalue weighted by Crippen LogP contribution is -2.39. The maximum Gasteiger partial charge on any atom is 0.349 e. The molecule has 0 saturated heterocycles. The lowest BCUT2D eigenvalue weighted by atomic mass is 10.0. The number of carbonyl (C=O) groups is 1. The van der Waals surface area contributed by atoms with Crippen LogP contribution in [0.1, 0.15) is 25.0 Å². The van der Waals surface area contributed by atoms with E-state index in [1.54, 1.807) is 42.5 Å². The van der Waals surface area contributed by atoms with Gasteiger partial charge in [0.2, 0.25) is 6.10 Å². The molecule has 1 heterocycles. The van der Waals surface area contributed by atoms with Crippen LogP contribution in [0.15, 0.2) is 42.5 Å². The SMILES string of the molecule is CCCOc1ccc(Cl)cc1C1Oc2ccccc2OC1C(=O)O. The molecular formula is C18H17ClO5. The predicted molar refractivity (Wildman–Crippen MR) is 89.1 cm³/mol. The van der Waals surface area contributed by atoms with E-state index in [1.807, 2.05) is 6.92 Å². The first-order valence-electron chi connectivity index (χ1n) is 7.67. The van der Waals surface area contributed by atoms with E-state index < -0.39 is 18.2 Å². The molecule has 1 aliphatic rings. The number of hydrogen-bond acceptors (Lipinski definition) is 4. The van der Waals surface area contributed by atoms with Gasteiger partial charge in [0, 0.05) is 10.6 Å². The summed E-state index contributed by atoms with van der Waals surface area (Å²) in [5.41, 5.74) is 0.554. The van der Waals surface area contributed by atoms with E-state index in [0.717, 1.165) is 6.42 Å². The topological polar surface area (TPSA) is 65.0 Å². The number of para-hydroxylation sites is 2. The van der Waals surface area contributed by atoms with Gasteiger partial charge in [-0.25, -0.2) is 4.79 Å². The van der Waals surface area contributed by atoms with Crippen molar-refractivity contribution >= 4 is 17.6 Å². The van der Waals surface area contributed by atoms with E-state index >= 15 is 0 Å². The highest BCUT2D eigenvalue weighted by Gasteiger charge is 2.39. The van der Waals surface area contributed by atoms with Crippen LogP contribution in [0, 0.1) is 0 Å². The van der Waals surface area contributed by atoms with Crippen LogP contribution >= 0.6 is 11.6 Å². The maximum atomic E-state index is 11.7. The molecule has 2 unspecified atom stereocenters. The number of rotatable bonds is 5. The molecule has 126 valence electrons. The predicted octanol–water partition coefficient (Wildman–Crippen LogP) is 4.09. The van der Waals surface area contributed by atoms with Gasteiger partial charge in [0.15, 0.2) is 17.6 Å². The van der Waals surface area contributed by atoms with Crippen molar-refractivity contribution in [2.24, 2.45) is 0 Å². The summed E-state index contributed by atoms with van der Waals surface area (Å²) in [6.07, 6.45) is -1.22. The van der Waals surface area contributed by atoms with E-state index in [-0.39, 0.29) is 0 Å². The Labute approximate surface area is 144 Å². The number of ether oxygens (including phenoxy) is 3. The highest BCUT2D eigenvalue weighted by atomic mass is 35.5. The first-order valence-corrected chi connectivity index (χ1v) is 8.05. The fourth-order valence-corrected chi connectivity index (χ4v) is 2.71. The molecular weight excluding hydrogens is 332 g/mol. The Balaban J connectivity index is 2.03.